The zero-order valence-electron chi connectivity index (χ0n) is 16.5. The summed E-state index contributed by atoms with van der Waals surface area (Å²) < 4.78 is 10.9. The molecule has 28 heavy (non-hydrogen) atoms. The summed E-state index contributed by atoms with van der Waals surface area (Å²) in [5.41, 5.74) is 4.41. The van der Waals surface area contributed by atoms with Crippen molar-refractivity contribution >= 4 is 16.9 Å². The minimum Gasteiger partial charge on any atom is -0.493 e. The molecule has 0 saturated carbocycles. The van der Waals surface area contributed by atoms with Crippen LogP contribution in [0.25, 0.3) is 10.9 Å². The molecule has 1 aromatic heterocycles. The number of methoxy groups -OCH3 is 1. The van der Waals surface area contributed by atoms with Gasteiger partial charge >= 0.3 is 5.97 Å². The predicted octanol–water partition coefficient (Wildman–Crippen LogP) is 3.98. The summed E-state index contributed by atoms with van der Waals surface area (Å²) in [5.74, 6) is 1.06. The Kier molecular flexibility index (Phi) is 5.09. The van der Waals surface area contributed by atoms with Crippen LogP contribution in [-0.2, 0) is 16.0 Å². The molecule has 5 nitrogen and oxygen atoms in total. The van der Waals surface area contributed by atoms with Gasteiger partial charge in [0.15, 0.2) is 0 Å². The van der Waals surface area contributed by atoms with Crippen LogP contribution in [0, 0.1) is 5.92 Å². The van der Waals surface area contributed by atoms with E-state index < -0.39 is 0 Å². The maximum atomic E-state index is 12.3. The highest BCUT2D eigenvalue weighted by Crippen LogP contribution is 2.36. The first-order valence-corrected chi connectivity index (χ1v) is 9.73. The number of H-pyrrole nitrogens is 1. The number of carbonyl (C=O) groups is 1. The average Bonchev–Trinajstić information content (AvgIpc) is 3.10. The van der Waals surface area contributed by atoms with Gasteiger partial charge in [-0.2, -0.15) is 0 Å². The summed E-state index contributed by atoms with van der Waals surface area (Å²) in [5, 5.41) is 4.63. The van der Waals surface area contributed by atoms with Crippen molar-refractivity contribution in [2.75, 3.05) is 13.7 Å². The van der Waals surface area contributed by atoms with Crippen LogP contribution in [0.4, 0.5) is 0 Å². The second-order valence-electron chi connectivity index (χ2n) is 7.72. The van der Waals surface area contributed by atoms with Gasteiger partial charge in [-0.25, -0.2) is 0 Å². The Bertz CT molecular complexity index is 992. The second-order valence-corrected chi connectivity index (χ2v) is 7.72. The van der Waals surface area contributed by atoms with E-state index in [1.54, 1.807) is 0 Å². The molecule has 5 heteroatoms. The summed E-state index contributed by atoms with van der Waals surface area (Å²) in [6.45, 7) is 4.93. The molecule has 0 aliphatic carbocycles. The van der Waals surface area contributed by atoms with E-state index >= 15 is 0 Å². The van der Waals surface area contributed by atoms with Crippen molar-refractivity contribution in [2.45, 2.75) is 32.4 Å². The van der Waals surface area contributed by atoms with Crippen LogP contribution in [0.1, 0.15) is 36.7 Å². The number of benzene rings is 2. The van der Waals surface area contributed by atoms with Crippen molar-refractivity contribution < 1.29 is 14.3 Å². The lowest BCUT2D eigenvalue weighted by Crippen LogP contribution is -2.45. The first kappa shape index (κ1) is 18.6. The molecule has 2 heterocycles. The molecule has 2 unspecified atom stereocenters. The third-order valence-corrected chi connectivity index (χ3v) is 5.17. The van der Waals surface area contributed by atoms with Crippen LogP contribution in [-0.4, -0.2) is 30.7 Å². The van der Waals surface area contributed by atoms with E-state index in [2.05, 4.69) is 48.4 Å². The van der Waals surface area contributed by atoms with E-state index in [-0.39, 0.29) is 18.1 Å². The number of hydrogen-bond acceptors (Lipinski definition) is 4. The SMILES string of the molecule is COC(=O)C1Cc2c([nH]c3ccccc23)C(c2cccc(OCC(C)C)c2)N1. The largest absolute Gasteiger partial charge is 0.493 e. The Balaban J connectivity index is 1.76. The molecule has 0 fully saturated rings. The quantitative estimate of drug-likeness (QED) is 0.659. The number of hydrogen-bond donors (Lipinski definition) is 2. The minimum absolute atomic E-state index is 0.136. The smallest absolute Gasteiger partial charge is 0.323 e. The molecule has 1 aliphatic rings. The number of fused-ring (bicyclic) bond motifs is 3. The maximum absolute atomic E-state index is 12.3. The fourth-order valence-corrected chi connectivity index (χ4v) is 3.84. The highest BCUT2D eigenvalue weighted by atomic mass is 16.5. The number of para-hydroxylation sites is 1. The summed E-state index contributed by atoms with van der Waals surface area (Å²) in [6, 6.07) is 15.8. The molecule has 2 atom stereocenters. The predicted molar refractivity (Wildman–Crippen MR) is 110 cm³/mol. The van der Waals surface area contributed by atoms with Gasteiger partial charge in [0, 0.05) is 23.0 Å². The van der Waals surface area contributed by atoms with E-state index in [0.717, 1.165) is 27.9 Å². The van der Waals surface area contributed by atoms with Crippen LogP contribution >= 0.6 is 0 Å². The summed E-state index contributed by atoms with van der Waals surface area (Å²) >= 11 is 0. The van der Waals surface area contributed by atoms with Gasteiger partial charge in [0.2, 0.25) is 0 Å². The topological polar surface area (TPSA) is 63.4 Å². The molecular formula is C23H26N2O3. The Morgan fingerprint density at radius 1 is 1.18 bits per heavy atom. The van der Waals surface area contributed by atoms with Gasteiger partial charge in [-0.3, -0.25) is 10.1 Å². The molecule has 1 aliphatic heterocycles. The summed E-state index contributed by atoms with van der Waals surface area (Å²) in [6.07, 6.45) is 0.603. The zero-order chi connectivity index (χ0) is 19.7. The van der Waals surface area contributed by atoms with Crippen molar-refractivity contribution in [2.24, 2.45) is 5.92 Å². The van der Waals surface area contributed by atoms with E-state index in [1.807, 2.05) is 24.3 Å². The molecule has 2 N–H and O–H groups in total. The van der Waals surface area contributed by atoms with Crippen LogP contribution in [0.5, 0.6) is 5.75 Å². The van der Waals surface area contributed by atoms with Gasteiger partial charge in [0.05, 0.1) is 19.8 Å². The lowest BCUT2D eigenvalue weighted by molar-refractivity contribution is -0.143. The Hall–Kier alpha value is -2.79. The average molecular weight is 378 g/mol. The maximum Gasteiger partial charge on any atom is 0.323 e. The standard InChI is InChI=1S/C23H26N2O3/c1-14(2)13-28-16-8-6-7-15(11-16)21-22-18(12-20(25-21)23(26)27-3)17-9-4-5-10-19(17)24-22/h4-11,14,20-21,24-25H,12-13H2,1-3H3. The third kappa shape index (κ3) is 3.50. The summed E-state index contributed by atoms with van der Waals surface area (Å²) in [7, 11) is 1.43. The molecular weight excluding hydrogens is 352 g/mol. The number of carbonyl (C=O) groups excluding carboxylic acids is 1. The van der Waals surface area contributed by atoms with Gasteiger partial charge < -0.3 is 14.5 Å². The van der Waals surface area contributed by atoms with Crippen molar-refractivity contribution in [1.82, 2.24) is 10.3 Å². The van der Waals surface area contributed by atoms with E-state index in [0.29, 0.717) is 18.9 Å². The fourth-order valence-electron chi connectivity index (χ4n) is 3.84. The van der Waals surface area contributed by atoms with Crippen molar-refractivity contribution in [3.8, 4) is 5.75 Å². The number of nitrogens with one attached hydrogen (secondary N) is 2. The molecule has 0 bridgehead atoms. The van der Waals surface area contributed by atoms with Gasteiger partial charge in [-0.05, 0) is 35.2 Å². The molecule has 0 spiro atoms. The number of esters is 1. The molecule has 4 rings (SSSR count). The molecule has 0 amide bonds. The Morgan fingerprint density at radius 3 is 2.79 bits per heavy atom. The first-order chi connectivity index (χ1) is 13.6. The van der Waals surface area contributed by atoms with Crippen molar-refractivity contribution in [3.05, 3.63) is 65.4 Å². The molecule has 0 saturated heterocycles. The first-order valence-electron chi connectivity index (χ1n) is 9.73. The Morgan fingerprint density at radius 2 is 2.00 bits per heavy atom. The third-order valence-electron chi connectivity index (χ3n) is 5.17. The molecule has 0 radical (unpaired) electrons. The lowest BCUT2D eigenvalue weighted by Gasteiger charge is -2.30. The summed E-state index contributed by atoms with van der Waals surface area (Å²) in [4.78, 5) is 15.9. The monoisotopic (exact) mass is 378 g/mol. The number of ether oxygens (including phenoxy) is 2. The van der Waals surface area contributed by atoms with Crippen molar-refractivity contribution in [1.29, 1.82) is 0 Å². The zero-order valence-corrected chi connectivity index (χ0v) is 16.5. The van der Waals surface area contributed by atoms with Crippen LogP contribution < -0.4 is 10.1 Å². The van der Waals surface area contributed by atoms with E-state index in [4.69, 9.17) is 9.47 Å². The van der Waals surface area contributed by atoms with Gasteiger partial charge in [-0.15, -0.1) is 0 Å². The van der Waals surface area contributed by atoms with Crippen LogP contribution in [0.15, 0.2) is 48.5 Å². The van der Waals surface area contributed by atoms with E-state index in [9.17, 15) is 4.79 Å². The molecule has 2 aromatic carbocycles. The number of aromatic amines is 1. The number of aromatic nitrogens is 1. The molecule has 3 aromatic rings. The Labute approximate surface area is 165 Å². The van der Waals surface area contributed by atoms with Crippen LogP contribution in [0.2, 0.25) is 0 Å². The number of rotatable bonds is 5. The fraction of sp³-hybridized carbons (Fsp3) is 0.348. The van der Waals surface area contributed by atoms with Gasteiger partial charge in [-0.1, -0.05) is 44.2 Å². The second kappa shape index (κ2) is 7.68. The van der Waals surface area contributed by atoms with Gasteiger partial charge in [0.1, 0.15) is 11.8 Å². The highest BCUT2D eigenvalue weighted by Gasteiger charge is 2.34. The normalized spacial score (nSPS) is 18.9. The van der Waals surface area contributed by atoms with E-state index in [1.165, 1.54) is 12.7 Å². The van der Waals surface area contributed by atoms with Gasteiger partial charge in [0.25, 0.3) is 0 Å². The molecule has 146 valence electrons. The lowest BCUT2D eigenvalue weighted by atomic mass is 9.90. The van der Waals surface area contributed by atoms with Crippen molar-refractivity contribution in [3.63, 3.8) is 0 Å². The van der Waals surface area contributed by atoms with Crippen LogP contribution in [0.3, 0.4) is 0 Å². The highest BCUT2D eigenvalue weighted by molar-refractivity contribution is 5.87. The minimum atomic E-state index is -0.387.